The van der Waals surface area contributed by atoms with Gasteiger partial charge in [-0.2, -0.15) is 5.10 Å². The lowest BCUT2D eigenvalue weighted by atomic mass is 9.95. The standard InChI is InChI=1S/C29H26ClFN6OS/c30-23-13-19(4-7-25(23)38-15-17-2-1-3-18(31)12-17)35-28-26-21-5-6-24-22(27(21)39-29(26)34-16-33-28)14-37(36-24)20-8-10-32-11-9-20/h1-4,7,12-14,16,20,32H,5-6,8-11,15H2,(H,33,34,35). The van der Waals surface area contributed by atoms with Crippen LogP contribution in [0.4, 0.5) is 15.9 Å². The summed E-state index contributed by atoms with van der Waals surface area (Å²) < 4.78 is 21.5. The number of halogens is 2. The van der Waals surface area contributed by atoms with Gasteiger partial charge in [-0.1, -0.05) is 23.7 Å². The molecule has 10 heteroatoms. The topological polar surface area (TPSA) is 76.9 Å². The van der Waals surface area contributed by atoms with Crippen LogP contribution in [0.1, 0.15) is 35.7 Å². The molecular weight excluding hydrogens is 535 g/mol. The van der Waals surface area contributed by atoms with Crippen LogP contribution < -0.4 is 15.4 Å². The first-order chi connectivity index (χ1) is 19.1. The van der Waals surface area contributed by atoms with Gasteiger partial charge < -0.3 is 15.4 Å². The van der Waals surface area contributed by atoms with Crippen LogP contribution >= 0.6 is 22.9 Å². The zero-order valence-electron chi connectivity index (χ0n) is 21.1. The number of piperidine rings is 1. The number of fused-ring (bicyclic) bond motifs is 5. The monoisotopic (exact) mass is 560 g/mol. The first kappa shape index (κ1) is 24.5. The molecule has 0 saturated carbocycles. The van der Waals surface area contributed by atoms with Crippen molar-refractivity contribution in [3.05, 3.63) is 82.6 Å². The maximum Gasteiger partial charge on any atom is 0.142 e. The number of nitrogens with one attached hydrogen (secondary N) is 2. The molecule has 39 heavy (non-hydrogen) atoms. The zero-order valence-corrected chi connectivity index (χ0v) is 22.7. The largest absolute Gasteiger partial charge is 0.487 e. The molecule has 2 N–H and O–H groups in total. The minimum absolute atomic E-state index is 0.230. The second-order valence-electron chi connectivity index (χ2n) is 9.95. The van der Waals surface area contributed by atoms with E-state index in [4.69, 9.17) is 21.4 Å². The van der Waals surface area contributed by atoms with E-state index in [2.05, 4.69) is 31.5 Å². The summed E-state index contributed by atoms with van der Waals surface area (Å²) in [6.45, 7) is 2.31. The summed E-state index contributed by atoms with van der Waals surface area (Å²) in [5.74, 6) is 1.00. The van der Waals surface area contributed by atoms with Crippen LogP contribution in [0.3, 0.4) is 0 Å². The van der Waals surface area contributed by atoms with Crippen molar-refractivity contribution in [3.63, 3.8) is 0 Å². The van der Waals surface area contributed by atoms with Crippen molar-refractivity contribution in [3.8, 4) is 16.2 Å². The fourth-order valence-electron chi connectivity index (χ4n) is 5.47. The molecule has 5 aromatic rings. The molecule has 0 amide bonds. The summed E-state index contributed by atoms with van der Waals surface area (Å²) >= 11 is 8.25. The Morgan fingerprint density at radius 3 is 2.87 bits per heavy atom. The van der Waals surface area contributed by atoms with E-state index < -0.39 is 0 Å². The molecule has 7 rings (SSSR count). The summed E-state index contributed by atoms with van der Waals surface area (Å²) in [5.41, 5.74) is 5.22. The molecule has 7 nitrogen and oxygen atoms in total. The van der Waals surface area contributed by atoms with Crippen molar-refractivity contribution in [1.82, 2.24) is 25.1 Å². The highest BCUT2D eigenvalue weighted by molar-refractivity contribution is 7.22. The van der Waals surface area contributed by atoms with Gasteiger partial charge in [-0.25, -0.2) is 14.4 Å². The van der Waals surface area contributed by atoms with Crippen LogP contribution in [0.5, 0.6) is 5.75 Å². The second kappa shape index (κ2) is 10.2. The van der Waals surface area contributed by atoms with E-state index in [-0.39, 0.29) is 12.4 Å². The first-order valence-corrected chi connectivity index (χ1v) is 14.3. The average molecular weight is 561 g/mol. The number of hydrogen-bond donors (Lipinski definition) is 2. The fourth-order valence-corrected chi connectivity index (χ4v) is 6.92. The van der Waals surface area contributed by atoms with Crippen LogP contribution in [0.2, 0.25) is 5.02 Å². The molecule has 4 heterocycles. The number of benzene rings is 2. The number of ether oxygens (including phenoxy) is 1. The molecule has 1 aliphatic carbocycles. The lowest BCUT2D eigenvalue weighted by Gasteiger charge is -2.22. The lowest BCUT2D eigenvalue weighted by molar-refractivity contribution is 0.306. The van der Waals surface area contributed by atoms with Gasteiger partial charge in [0, 0.05) is 22.3 Å². The van der Waals surface area contributed by atoms with E-state index in [0.29, 0.717) is 16.8 Å². The maximum absolute atomic E-state index is 13.5. The van der Waals surface area contributed by atoms with Crippen molar-refractivity contribution < 1.29 is 9.13 Å². The molecule has 3 aromatic heterocycles. The van der Waals surface area contributed by atoms with Gasteiger partial charge in [0.25, 0.3) is 0 Å². The Morgan fingerprint density at radius 1 is 1.13 bits per heavy atom. The average Bonchev–Trinajstić information content (AvgIpc) is 3.55. The maximum atomic E-state index is 13.5. The van der Waals surface area contributed by atoms with Crippen molar-refractivity contribution in [2.45, 2.75) is 38.3 Å². The molecule has 0 unspecified atom stereocenters. The zero-order chi connectivity index (χ0) is 26.3. The van der Waals surface area contributed by atoms with Gasteiger partial charge >= 0.3 is 0 Å². The first-order valence-electron chi connectivity index (χ1n) is 13.1. The van der Waals surface area contributed by atoms with Gasteiger partial charge in [-0.05, 0) is 80.2 Å². The van der Waals surface area contributed by atoms with Crippen molar-refractivity contribution in [1.29, 1.82) is 0 Å². The molecule has 1 aliphatic heterocycles. The summed E-state index contributed by atoms with van der Waals surface area (Å²) in [6, 6.07) is 12.3. The number of thiophene rings is 1. The highest BCUT2D eigenvalue weighted by Crippen LogP contribution is 2.45. The molecule has 198 valence electrons. The van der Waals surface area contributed by atoms with Gasteiger partial charge in [-0.3, -0.25) is 4.68 Å². The normalized spacial score (nSPS) is 15.2. The van der Waals surface area contributed by atoms with Crippen molar-refractivity contribution >= 4 is 44.7 Å². The number of aromatic nitrogens is 4. The number of rotatable bonds is 6. The van der Waals surface area contributed by atoms with Gasteiger partial charge in [0.2, 0.25) is 0 Å². The molecule has 0 bridgehead atoms. The van der Waals surface area contributed by atoms with Crippen LogP contribution in [0.15, 0.2) is 55.0 Å². The molecule has 0 atom stereocenters. The number of hydrogen-bond acceptors (Lipinski definition) is 7. The Bertz CT molecular complexity index is 1680. The number of anilines is 2. The summed E-state index contributed by atoms with van der Waals surface area (Å²) in [4.78, 5) is 11.4. The fraction of sp³-hybridized carbons (Fsp3) is 0.276. The van der Waals surface area contributed by atoms with Crippen LogP contribution in [0, 0.1) is 5.82 Å². The van der Waals surface area contributed by atoms with E-state index >= 15 is 0 Å². The van der Waals surface area contributed by atoms with E-state index in [9.17, 15) is 4.39 Å². The molecular formula is C29H26ClFN6OS. The summed E-state index contributed by atoms with van der Waals surface area (Å²) in [5, 5.41) is 13.4. The van der Waals surface area contributed by atoms with Gasteiger partial charge in [0.1, 0.15) is 35.1 Å². The van der Waals surface area contributed by atoms with Crippen LogP contribution in [-0.4, -0.2) is 32.8 Å². The molecule has 1 fully saturated rings. The van der Waals surface area contributed by atoms with E-state index in [1.807, 2.05) is 24.3 Å². The smallest absolute Gasteiger partial charge is 0.142 e. The molecule has 0 radical (unpaired) electrons. The third-order valence-corrected chi connectivity index (χ3v) is 8.88. The number of aryl methyl sites for hydroxylation is 2. The van der Waals surface area contributed by atoms with Gasteiger partial charge in [0.05, 0.1) is 22.1 Å². The summed E-state index contributed by atoms with van der Waals surface area (Å²) in [7, 11) is 0. The minimum atomic E-state index is -0.291. The molecule has 2 aromatic carbocycles. The third-order valence-electron chi connectivity index (χ3n) is 7.41. The van der Waals surface area contributed by atoms with Crippen molar-refractivity contribution in [2.75, 3.05) is 18.4 Å². The third kappa shape index (κ3) is 4.75. The molecule has 1 saturated heterocycles. The van der Waals surface area contributed by atoms with Crippen LogP contribution in [-0.2, 0) is 19.4 Å². The Hall–Kier alpha value is -3.53. The predicted molar refractivity (Wildman–Crippen MR) is 153 cm³/mol. The quantitative estimate of drug-likeness (QED) is 0.241. The Balaban J connectivity index is 1.15. The van der Waals surface area contributed by atoms with Gasteiger partial charge in [-0.15, -0.1) is 11.3 Å². The lowest BCUT2D eigenvalue weighted by Crippen LogP contribution is -2.29. The number of nitrogens with zero attached hydrogens (tertiary/aromatic N) is 4. The van der Waals surface area contributed by atoms with Crippen molar-refractivity contribution in [2.24, 2.45) is 0 Å². The summed E-state index contributed by atoms with van der Waals surface area (Å²) in [6.07, 6.45) is 7.86. The second-order valence-corrected chi connectivity index (χ2v) is 11.4. The highest BCUT2D eigenvalue weighted by Gasteiger charge is 2.28. The van der Waals surface area contributed by atoms with E-state index in [1.165, 1.54) is 33.8 Å². The predicted octanol–water partition coefficient (Wildman–Crippen LogP) is 6.69. The van der Waals surface area contributed by atoms with Crippen LogP contribution in [0.25, 0.3) is 20.7 Å². The SMILES string of the molecule is Fc1cccc(COc2ccc(Nc3ncnc4sc5c(c34)CCc3nn(C4CCNCC4)cc3-5)cc2Cl)c1. The van der Waals surface area contributed by atoms with E-state index in [0.717, 1.165) is 66.1 Å². The highest BCUT2D eigenvalue weighted by atomic mass is 35.5. The van der Waals surface area contributed by atoms with Gasteiger partial charge in [0.15, 0.2) is 0 Å². The Morgan fingerprint density at radius 2 is 2.03 bits per heavy atom. The Kier molecular flexibility index (Phi) is 6.42. The minimum Gasteiger partial charge on any atom is -0.487 e. The molecule has 2 aliphatic rings. The molecule has 0 spiro atoms. The van der Waals surface area contributed by atoms with E-state index in [1.54, 1.807) is 23.7 Å². The Labute approximate surface area is 234 Å².